The fraction of sp³-hybridized carbons (Fsp3) is 0.372. The lowest BCUT2D eigenvalue weighted by Crippen LogP contribution is -2.44. The highest BCUT2D eigenvalue weighted by Gasteiger charge is 2.42. The largest absolute Gasteiger partial charge is 0.497 e. The standard InChI is InChI=1S/C43H49F3N6O10/c1-28(53)47-19-22-51(24-21-49-40(57)43(44,45)46)23-20-48-37(55)18-9-29-26-52(41(58)50-39(29)56)38-25-35(54)36(62-38)27-61-42(30-7-5-4-6-8-30,31-10-14-33(59-2)15-11-31)32-12-16-34(60-3)17-13-32/h4-18,26,35-36,38,54H,19-25,27H2,1-3H3,(H,47,53)(H,48,55)(H,49,57)(H,50,56,58)/b18-9+. The molecule has 3 atom stereocenters. The number of aromatic amines is 1. The maximum Gasteiger partial charge on any atom is 0.471 e. The van der Waals surface area contributed by atoms with Crippen LogP contribution in [0.15, 0.2) is 101 Å². The summed E-state index contributed by atoms with van der Waals surface area (Å²) in [6.45, 7) is 1.39. The number of amides is 3. The van der Waals surface area contributed by atoms with Crippen LogP contribution in [-0.4, -0.2) is 116 Å². The molecule has 19 heteroatoms. The first-order chi connectivity index (χ1) is 29.6. The van der Waals surface area contributed by atoms with Crippen LogP contribution < -0.4 is 36.7 Å². The second-order valence-electron chi connectivity index (χ2n) is 14.2. The third-order valence-electron chi connectivity index (χ3n) is 10.1. The van der Waals surface area contributed by atoms with Crippen molar-refractivity contribution in [3.63, 3.8) is 0 Å². The van der Waals surface area contributed by atoms with Crippen molar-refractivity contribution in [1.29, 1.82) is 0 Å². The van der Waals surface area contributed by atoms with E-state index in [1.54, 1.807) is 24.4 Å². The molecule has 1 aliphatic heterocycles. The Morgan fingerprint density at radius 1 is 0.855 bits per heavy atom. The first-order valence-corrected chi connectivity index (χ1v) is 19.6. The van der Waals surface area contributed by atoms with E-state index < -0.39 is 53.3 Å². The summed E-state index contributed by atoms with van der Waals surface area (Å²) in [6, 6.07) is 24.4. The molecule has 1 fully saturated rings. The van der Waals surface area contributed by atoms with Crippen molar-refractivity contribution in [1.82, 2.24) is 30.4 Å². The molecule has 16 nitrogen and oxygen atoms in total. The van der Waals surface area contributed by atoms with Crippen molar-refractivity contribution in [2.24, 2.45) is 0 Å². The number of aliphatic hydroxyl groups excluding tert-OH is 1. The summed E-state index contributed by atoms with van der Waals surface area (Å²) in [7, 11) is 3.14. The SMILES string of the molecule is COc1ccc(C(OCC2OC(n3cc(/C=C/C(=O)NCCN(CCNC(C)=O)CCNC(=O)C(F)(F)F)c(=O)[nH]c3=O)CC2O)(c2ccccc2)c2ccc(OC)cc2)cc1. The van der Waals surface area contributed by atoms with E-state index in [9.17, 15) is 42.3 Å². The van der Waals surface area contributed by atoms with Crippen LogP contribution in [0.5, 0.6) is 11.5 Å². The molecule has 0 saturated carbocycles. The van der Waals surface area contributed by atoms with Gasteiger partial charge in [0.25, 0.3) is 5.56 Å². The van der Waals surface area contributed by atoms with Crippen LogP contribution in [0.1, 0.15) is 41.8 Å². The van der Waals surface area contributed by atoms with Crippen LogP contribution in [-0.2, 0) is 29.5 Å². The fourth-order valence-electron chi connectivity index (χ4n) is 6.87. The van der Waals surface area contributed by atoms with Gasteiger partial charge < -0.3 is 40.0 Å². The Labute approximate surface area is 354 Å². The zero-order chi connectivity index (χ0) is 44.9. The van der Waals surface area contributed by atoms with E-state index in [1.165, 1.54) is 19.2 Å². The lowest BCUT2D eigenvalue weighted by Gasteiger charge is -2.37. The molecule has 1 aromatic heterocycles. The van der Waals surface area contributed by atoms with E-state index in [-0.39, 0.29) is 63.8 Å². The molecule has 1 saturated heterocycles. The molecule has 332 valence electrons. The van der Waals surface area contributed by atoms with E-state index >= 15 is 0 Å². The molecule has 3 amide bonds. The summed E-state index contributed by atoms with van der Waals surface area (Å²) in [5.74, 6) is -1.75. The molecule has 0 spiro atoms. The maximum absolute atomic E-state index is 13.1. The van der Waals surface area contributed by atoms with E-state index in [0.29, 0.717) is 11.5 Å². The van der Waals surface area contributed by atoms with Gasteiger partial charge in [-0.15, -0.1) is 0 Å². The van der Waals surface area contributed by atoms with Crippen LogP contribution in [0.3, 0.4) is 0 Å². The van der Waals surface area contributed by atoms with Crippen LogP contribution in [0.2, 0.25) is 0 Å². The zero-order valence-corrected chi connectivity index (χ0v) is 34.3. The monoisotopic (exact) mass is 866 g/mol. The number of methoxy groups -OCH3 is 2. The number of halogens is 3. The van der Waals surface area contributed by atoms with Crippen LogP contribution in [0.25, 0.3) is 6.08 Å². The number of H-pyrrole nitrogens is 1. The molecule has 5 rings (SSSR count). The van der Waals surface area contributed by atoms with Gasteiger partial charge in [-0.25, -0.2) is 4.79 Å². The highest BCUT2D eigenvalue weighted by molar-refractivity contribution is 5.91. The molecule has 2 heterocycles. The summed E-state index contributed by atoms with van der Waals surface area (Å²) in [5.41, 5.74) is -0.590. The number of hydrogen-bond acceptors (Lipinski definition) is 11. The number of aromatic nitrogens is 2. The summed E-state index contributed by atoms with van der Waals surface area (Å²) < 4.78 is 62.8. The molecule has 3 unspecified atom stereocenters. The number of alkyl halides is 3. The number of nitrogens with one attached hydrogen (secondary N) is 4. The predicted molar refractivity (Wildman–Crippen MR) is 220 cm³/mol. The molecule has 4 aromatic rings. The molecule has 62 heavy (non-hydrogen) atoms. The van der Waals surface area contributed by atoms with Crippen molar-refractivity contribution in [2.75, 3.05) is 60.1 Å². The van der Waals surface area contributed by atoms with Crippen molar-refractivity contribution >= 4 is 23.8 Å². The molecular formula is C43H49F3N6O10. The first kappa shape index (κ1) is 46.8. The third-order valence-corrected chi connectivity index (χ3v) is 10.1. The zero-order valence-electron chi connectivity index (χ0n) is 34.3. The molecule has 0 radical (unpaired) electrons. The van der Waals surface area contributed by atoms with E-state index in [0.717, 1.165) is 27.3 Å². The van der Waals surface area contributed by atoms with Crippen molar-refractivity contribution < 1.29 is 51.6 Å². The number of hydrogen-bond donors (Lipinski definition) is 5. The second kappa shape index (κ2) is 21.5. The Hall–Kier alpha value is -6.28. The van der Waals surface area contributed by atoms with E-state index in [2.05, 4.69) is 15.6 Å². The third kappa shape index (κ3) is 12.2. The number of ether oxygens (including phenoxy) is 4. The highest BCUT2D eigenvalue weighted by Crippen LogP contribution is 2.42. The Bertz CT molecular complexity index is 2220. The van der Waals surface area contributed by atoms with Gasteiger partial charge in [0.05, 0.1) is 32.5 Å². The highest BCUT2D eigenvalue weighted by atomic mass is 19.4. The average Bonchev–Trinajstić information content (AvgIpc) is 3.63. The minimum Gasteiger partial charge on any atom is -0.497 e. The summed E-state index contributed by atoms with van der Waals surface area (Å²) in [5, 5.41) is 18.2. The normalized spacial score (nSPS) is 16.6. The maximum atomic E-state index is 13.1. The number of aliphatic hydroxyl groups is 1. The Morgan fingerprint density at radius 3 is 1.95 bits per heavy atom. The fourth-order valence-corrected chi connectivity index (χ4v) is 6.87. The van der Waals surface area contributed by atoms with Gasteiger partial charge in [-0.2, -0.15) is 13.2 Å². The Balaban J connectivity index is 1.28. The number of benzene rings is 3. The quantitative estimate of drug-likeness (QED) is 0.0646. The van der Waals surface area contributed by atoms with Gasteiger partial charge in [0.15, 0.2) is 0 Å². The van der Waals surface area contributed by atoms with Crippen molar-refractivity contribution in [3.8, 4) is 11.5 Å². The lowest BCUT2D eigenvalue weighted by molar-refractivity contribution is -0.173. The van der Waals surface area contributed by atoms with Gasteiger partial charge in [-0.3, -0.25) is 33.6 Å². The predicted octanol–water partition coefficient (Wildman–Crippen LogP) is 2.46. The summed E-state index contributed by atoms with van der Waals surface area (Å²) >= 11 is 0. The van der Waals surface area contributed by atoms with Gasteiger partial charge >= 0.3 is 17.8 Å². The lowest BCUT2D eigenvalue weighted by atomic mass is 9.80. The van der Waals surface area contributed by atoms with Crippen molar-refractivity contribution in [2.45, 2.75) is 43.6 Å². The number of nitrogens with zero attached hydrogens (tertiary/aromatic N) is 2. The van der Waals surface area contributed by atoms with Crippen LogP contribution in [0.4, 0.5) is 13.2 Å². The minimum atomic E-state index is -5.03. The molecule has 3 aromatic carbocycles. The summed E-state index contributed by atoms with van der Waals surface area (Å²) in [6.07, 6.45) is -4.65. The topological polar surface area (TPSA) is 203 Å². The van der Waals surface area contributed by atoms with E-state index in [4.69, 9.17) is 18.9 Å². The molecule has 0 bridgehead atoms. The summed E-state index contributed by atoms with van der Waals surface area (Å²) in [4.78, 5) is 64.9. The van der Waals surface area contributed by atoms with Gasteiger partial charge in [0.1, 0.15) is 29.4 Å². The Morgan fingerprint density at radius 2 is 1.40 bits per heavy atom. The number of rotatable bonds is 20. The van der Waals surface area contributed by atoms with Gasteiger partial charge in [-0.05, 0) is 47.0 Å². The van der Waals surface area contributed by atoms with Crippen molar-refractivity contribution in [3.05, 3.63) is 134 Å². The first-order valence-electron chi connectivity index (χ1n) is 19.6. The van der Waals surface area contributed by atoms with Crippen LogP contribution >= 0.6 is 0 Å². The molecule has 1 aliphatic rings. The molecule has 0 aliphatic carbocycles. The van der Waals surface area contributed by atoms with Gasteiger partial charge in [0, 0.05) is 64.9 Å². The van der Waals surface area contributed by atoms with Gasteiger partial charge in [0.2, 0.25) is 11.8 Å². The van der Waals surface area contributed by atoms with Crippen LogP contribution in [0, 0.1) is 0 Å². The number of carbonyl (C=O) groups excluding carboxylic acids is 3. The minimum absolute atomic E-state index is 0.00576. The molecule has 5 N–H and O–H groups in total. The smallest absolute Gasteiger partial charge is 0.471 e. The Kier molecular flexibility index (Phi) is 16.2. The average molecular weight is 867 g/mol. The molecular weight excluding hydrogens is 817 g/mol. The second-order valence-corrected chi connectivity index (χ2v) is 14.2. The number of carbonyl (C=O) groups is 3. The van der Waals surface area contributed by atoms with Gasteiger partial charge in [-0.1, -0.05) is 54.6 Å². The van der Waals surface area contributed by atoms with E-state index in [1.807, 2.05) is 78.9 Å².